The van der Waals surface area contributed by atoms with Crippen molar-refractivity contribution in [1.29, 1.82) is 0 Å². The number of carbonyl (C=O) groups excluding carboxylic acids is 1. The van der Waals surface area contributed by atoms with Gasteiger partial charge in [-0.2, -0.15) is 0 Å². The zero-order valence-corrected chi connectivity index (χ0v) is 17.6. The number of carbonyl (C=O) groups is 1. The third-order valence-corrected chi connectivity index (χ3v) is 5.80. The van der Waals surface area contributed by atoms with Gasteiger partial charge in [0.25, 0.3) is 15.9 Å². The number of amides is 1. The van der Waals surface area contributed by atoms with E-state index >= 15 is 0 Å². The number of ether oxygens (including phenoxy) is 2. The molecule has 0 saturated heterocycles. The Balaban J connectivity index is 1.82. The molecule has 0 aliphatic rings. The molecule has 156 valence electrons. The summed E-state index contributed by atoms with van der Waals surface area (Å²) in [5.74, 6) is 0.551. The number of para-hydroxylation sites is 1. The van der Waals surface area contributed by atoms with Gasteiger partial charge in [0.1, 0.15) is 0 Å². The Hall–Kier alpha value is -3.52. The molecule has 3 rings (SSSR count). The first kappa shape index (κ1) is 21.2. The van der Waals surface area contributed by atoms with Gasteiger partial charge in [0.15, 0.2) is 11.5 Å². The summed E-state index contributed by atoms with van der Waals surface area (Å²) >= 11 is 0. The summed E-state index contributed by atoms with van der Waals surface area (Å²) in [6.07, 6.45) is 0. The number of hydrogen-bond donors (Lipinski definition) is 2. The number of methoxy groups -OCH3 is 2. The van der Waals surface area contributed by atoms with Crippen molar-refractivity contribution in [2.75, 3.05) is 24.3 Å². The summed E-state index contributed by atoms with van der Waals surface area (Å²) in [4.78, 5) is 12.7. The van der Waals surface area contributed by atoms with Gasteiger partial charge in [-0.25, -0.2) is 8.42 Å². The van der Waals surface area contributed by atoms with Crippen LogP contribution >= 0.6 is 0 Å². The van der Waals surface area contributed by atoms with Gasteiger partial charge in [-0.3, -0.25) is 9.52 Å². The molecule has 0 fully saturated rings. The minimum Gasteiger partial charge on any atom is -0.493 e. The minimum absolute atomic E-state index is 0.00860. The van der Waals surface area contributed by atoms with Gasteiger partial charge in [-0.1, -0.05) is 24.3 Å². The molecule has 0 bridgehead atoms. The van der Waals surface area contributed by atoms with Crippen LogP contribution in [0.1, 0.15) is 15.9 Å². The largest absolute Gasteiger partial charge is 0.493 e. The van der Waals surface area contributed by atoms with Gasteiger partial charge < -0.3 is 14.8 Å². The van der Waals surface area contributed by atoms with E-state index < -0.39 is 15.9 Å². The zero-order chi connectivity index (χ0) is 21.7. The Labute approximate surface area is 175 Å². The van der Waals surface area contributed by atoms with Crippen LogP contribution in [0.2, 0.25) is 0 Å². The van der Waals surface area contributed by atoms with Crippen LogP contribution in [0.15, 0.2) is 71.6 Å². The summed E-state index contributed by atoms with van der Waals surface area (Å²) in [5, 5.41) is 2.73. The average Bonchev–Trinajstić information content (AvgIpc) is 2.75. The molecule has 0 unspecified atom stereocenters. The highest BCUT2D eigenvalue weighted by Crippen LogP contribution is 2.30. The van der Waals surface area contributed by atoms with Crippen LogP contribution in [0.25, 0.3) is 0 Å². The Bertz CT molecular complexity index is 1180. The Morgan fingerprint density at radius 2 is 1.60 bits per heavy atom. The highest BCUT2D eigenvalue weighted by atomic mass is 32.2. The quantitative estimate of drug-likeness (QED) is 0.594. The first-order valence-electron chi connectivity index (χ1n) is 9.06. The van der Waals surface area contributed by atoms with Crippen molar-refractivity contribution in [1.82, 2.24) is 0 Å². The number of anilines is 2. The lowest BCUT2D eigenvalue weighted by Gasteiger charge is -2.12. The summed E-state index contributed by atoms with van der Waals surface area (Å²) in [6, 6.07) is 17.9. The highest BCUT2D eigenvalue weighted by Gasteiger charge is 2.18. The molecule has 2 N–H and O–H groups in total. The van der Waals surface area contributed by atoms with Crippen LogP contribution in [0.3, 0.4) is 0 Å². The molecule has 3 aromatic rings. The molecule has 0 aliphatic carbocycles. The predicted octanol–water partition coefficient (Wildman–Crippen LogP) is 4.07. The standard InChI is InChI=1S/C22H22N2O5S/c1-15-7-4-5-10-19(15)24-30(26,27)18-9-6-8-16(13-18)22(25)23-17-11-12-20(28-2)21(14-17)29-3/h4-14,24H,1-3H3,(H,23,25). The lowest BCUT2D eigenvalue weighted by Crippen LogP contribution is -2.16. The first-order valence-corrected chi connectivity index (χ1v) is 10.5. The third kappa shape index (κ3) is 4.72. The zero-order valence-electron chi connectivity index (χ0n) is 16.8. The monoisotopic (exact) mass is 426 g/mol. The van der Waals surface area contributed by atoms with Crippen LogP contribution in [-0.4, -0.2) is 28.5 Å². The molecule has 30 heavy (non-hydrogen) atoms. The van der Waals surface area contributed by atoms with E-state index in [1.807, 2.05) is 19.1 Å². The number of sulfonamides is 1. The molecular weight excluding hydrogens is 404 g/mol. The molecule has 7 nitrogen and oxygen atoms in total. The molecule has 8 heteroatoms. The van der Waals surface area contributed by atoms with Crippen LogP contribution in [0, 0.1) is 6.92 Å². The summed E-state index contributed by atoms with van der Waals surface area (Å²) < 4.78 is 38.5. The van der Waals surface area contributed by atoms with Gasteiger partial charge in [0.2, 0.25) is 0 Å². The lowest BCUT2D eigenvalue weighted by atomic mass is 10.2. The third-order valence-electron chi connectivity index (χ3n) is 4.44. The van der Waals surface area contributed by atoms with Gasteiger partial charge in [0, 0.05) is 17.3 Å². The minimum atomic E-state index is -3.85. The Kier molecular flexibility index (Phi) is 6.27. The van der Waals surface area contributed by atoms with Gasteiger partial charge in [-0.05, 0) is 48.9 Å². The van der Waals surface area contributed by atoms with Crippen LogP contribution < -0.4 is 19.5 Å². The lowest BCUT2D eigenvalue weighted by molar-refractivity contribution is 0.102. The van der Waals surface area contributed by atoms with E-state index in [0.29, 0.717) is 22.9 Å². The van der Waals surface area contributed by atoms with Gasteiger partial charge in [0.05, 0.1) is 24.8 Å². The van der Waals surface area contributed by atoms with E-state index in [9.17, 15) is 13.2 Å². The molecule has 0 heterocycles. The van der Waals surface area contributed by atoms with Crippen molar-refractivity contribution in [3.63, 3.8) is 0 Å². The summed E-state index contributed by atoms with van der Waals surface area (Å²) in [5.41, 5.74) is 1.97. The molecule has 0 atom stereocenters. The highest BCUT2D eigenvalue weighted by molar-refractivity contribution is 7.92. The van der Waals surface area contributed by atoms with Crippen molar-refractivity contribution in [2.45, 2.75) is 11.8 Å². The Morgan fingerprint density at radius 3 is 2.30 bits per heavy atom. The SMILES string of the molecule is COc1ccc(NC(=O)c2cccc(S(=O)(=O)Nc3ccccc3C)c2)cc1OC. The average molecular weight is 426 g/mol. The van der Waals surface area contributed by atoms with Crippen LogP contribution in [0.4, 0.5) is 11.4 Å². The molecule has 1 amide bonds. The normalized spacial score (nSPS) is 10.9. The number of nitrogens with one attached hydrogen (secondary N) is 2. The Morgan fingerprint density at radius 1 is 0.867 bits per heavy atom. The van der Waals surface area contributed by atoms with E-state index in [2.05, 4.69) is 10.0 Å². The number of benzene rings is 3. The summed E-state index contributed by atoms with van der Waals surface area (Å²) in [6.45, 7) is 1.81. The number of rotatable bonds is 7. The van der Waals surface area contributed by atoms with Crippen LogP contribution in [0.5, 0.6) is 11.5 Å². The van der Waals surface area contributed by atoms with E-state index in [-0.39, 0.29) is 10.5 Å². The molecular formula is C22H22N2O5S. The second-order valence-corrected chi connectivity index (χ2v) is 8.15. The van der Waals surface area contributed by atoms with E-state index in [1.165, 1.54) is 32.4 Å². The van der Waals surface area contributed by atoms with E-state index in [4.69, 9.17) is 9.47 Å². The maximum absolute atomic E-state index is 12.8. The first-order chi connectivity index (χ1) is 14.3. The van der Waals surface area contributed by atoms with Crippen LogP contribution in [-0.2, 0) is 10.0 Å². The second kappa shape index (κ2) is 8.87. The van der Waals surface area contributed by atoms with Crippen molar-refractivity contribution in [3.05, 3.63) is 77.9 Å². The maximum Gasteiger partial charge on any atom is 0.261 e. The molecule has 0 saturated carbocycles. The second-order valence-electron chi connectivity index (χ2n) is 6.47. The predicted molar refractivity (Wildman–Crippen MR) is 116 cm³/mol. The van der Waals surface area contributed by atoms with Crippen molar-refractivity contribution >= 4 is 27.3 Å². The van der Waals surface area contributed by atoms with Gasteiger partial charge in [-0.15, -0.1) is 0 Å². The molecule has 0 aliphatic heterocycles. The van der Waals surface area contributed by atoms with E-state index in [1.54, 1.807) is 36.4 Å². The van der Waals surface area contributed by atoms with Crippen molar-refractivity contribution in [3.8, 4) is 11.5 Å². The number of aryl methyl sites for hydroxylation is 1. The maximum atomic E-state index is 12.8. The molecule has 0 aromatic heterocycles. The smallest absolute Gasteiger partial charge is 0.261 e. The number of hydrogen-bond acceptors (Lipinski definition) is 5. The molecule has 3 aromatic carbocycles. The fourth-order valence-electron chi connectivity index (χ4n) is 2.81. The molecule has 0 spiro atoms. The van der Waals surface area contributed by atoms with E-state index in [0.717, 1.165) is 5.56 Å². The van der Waals surface area contributed by atoms with Crippen molar-refractivity contribution < 1.29 is 22.7 Å². The topological polar surface area (TPSA) is 93.7 Å². The fourth-order valence-corrected chi connectivity index (χ4v) is 3.99. The fraction of sp³-hybridized carbons (Fsp3) is 0.136. The van der Waals surface area contributed by atoms with Gasteiger partial charge >= 0.3 is 0 Å². The molecule has 0 radical (unpaired) electrons. The van der Waals surface area contributed by atoms with Crippen molar-refractivity contribution in [2.24, 2.45) is 0 Å². The summed E-state index contributed by atoms with van der Waals surface area (Å²) in [7, 11) is -0.831.